The van der Waals surface area contributed by atoms with Gasteiger partial charge in [-0.05, 0) is 76.4 Å². The standard InChI is InChI=1S/C27H34N4O3/c1-28(2)13-11-19-17-30(25-15-21(33-5)7-9-23(19)25)27(32)31-18-20(12-14-29(3)4)24-10-8-22(34-6)16-26(24)31/h7-10,15-18H,11-14H2,1-6H3. The van der Waals surface area contributed by atoms with Gasteiger partial charge >= 0.3 is 6.03 Å². The van der Waals surface area contributed by atoms with Gasteiger partial charge in [0.2, 0.25) is 0 Å². The molecule has 4 aromatic rings. The lowest BCUT2D eigenvalue weighted by molar-refractivity contribution is 0.245. The van der Waals surface area contributed by atoms with Gasteiger partial charge in [0, 0.05) is 48.4 Å². The Morgan fingerprint density at radius 2 is 1.15 bits per heavy atom. The number of aromatic nitrogens is 2. The molecule has 0 aliphatic carbocycles. The largest absolute Gasteiger partial charge is 0.497 e. The maximum atomic E-state index is 14.0. The van der Waals surface area contributed by atoms with Crippen LogP contribution in [0.5, 0.6) is 11.5 Å². The van der Waals surface area contributed by atoms with Crippen LogP contribution in [-0.2, 0) is 12.8 Å². The van der Waals surface area contributed by atoms with Crippen molar-refractivity contribution in [3.05, 3.63) is 59.9 Å². The van der Waals surface area contributed by atoms with E-state index in [1.54, 1.807) is 23.4 Å². The highest BCUT2D eigenvalue weighted by Crippen LogP contribution is 2.30. The Kier molecular flexibility index (Phi) is 6.95. The van der Waals surface area contributed by atoms with Crippen LogP contribution in [0.1, 0.15) is 11.1 Å². The van der Waals surface area contributed by atoms with Gasteiger partial charge in [-0.1, -0.05) is 0 Å². The molecule has 0 fully saturated rings. The molecule has 180 valence electrons. The van der Waals surface area contributed by atoms with E-state index in [9.17, 15) is 4.79 Å². The maximum Gasteiger partial charge on any atom is 0.337 e. The van der Waals surface area contributed by atoms with Gasteiger partial charge in [-0.2, -0.15) is 0 Å². The first kappa shape index (κ1) is 23.9. The molecular weight excluding hydrogens is 428 g/mol. The normalized spacial score (nSPS) is 11.8. The molecule has 0 unspecified atom stereocenters. The van der Waals surface area contributed by atoms with Gasteiger partial charge in [-0.25, -0.2) is 4.79 Å². The van der Waals surface area contributed by atoms with Crippen molar-refractivity contribution < 1.29 is 14.3 Å². The van der Waals surface area contributed by atoms with Crippen molar-refractivity contribution >= 4 is 27.8 Å². The number of likely N-dealkylation sites (N-methyl/N-ethyl adjacent to an activating group) is 2. The highest BCUT2D eigenvalue weighted by atomic mass is 16.5. The number of benzene rings is 2. The number of hydrogen-bond donors (Lipinski definition) is 0. The number of fused-ring (bicyclic) bond motifs is 2. The van der Waals surface area contributed by atoms with E-state index in [4.69, 9.17) is 9.47 Å². The molecule has 0 radical (unpaired) electrons. The zero-order valence-corrected chi connectivity index (χ0v) is 21.0. The smallest absolute Gasteiger partial charge is 0.337 e. The van der Waals surface area contributed by atoms with E-state index in [2.05, 4.69) is 38.0 Å². The molecule has 2 heterocycles. The predicted molar refractivity (Wildman–Crippen MR) is 138 cm³/mol. The molecule has 34 heavy (non-hydrogen) atoms. The molecule has 0 aliphatic heterocycles. The average Bonchev–Trinajstić information content (AvgIpc) is 3.38. The van der Waals surface area contributed by atoms with E-state index in [0.717, 1.165) is 70.4 Å². The summed E-state index contributed by atoms with van der Waals surface area (Å²) in [7, 11) is 11.5. The van der Waals surface area contributed by atoms with Gasteiger partial charge in [-0.3, -0.25) is 9.13 Å². The second kappa shape index (κ2) is 9.91. The number of ether oxygens (including phenoxy) is 2. The van der Waals surface area contributed by atoms with E-state index in [1.807, 2.05) is 48.8 Å². The zero-order valence-electron chi connectivity index (χ0n) is 21.0. The minimum atomic E-state index is -0.122. The SMILES string of the molecule is COc1ccc2c(CCN(C)C)cn(C(=O)n3cc(CCN(C)C)c4ccc(OC)cc43)c2c1. The third kappa shape index (κ3) is 4.67. The van der Waals surface area contributed by atoms with Crippen LogP contribution in [0.4, 0.5) is 4.79 Å². The Hall–Kier alpha value is -3.29. The minimum Gasteiger partial charge on any atom is -0.497 e. The molecule has 7 heteroatoms. The number of carbonyl (C=O) groups is 1. The van der Waals surface area contributed by atoms with Gasteiger partial charge in [-0.15, -0.1) is 0 Å². The number of rotatable bonds is 8. The first-order chi connectivity index (χ1) is 16.3. The Balaban J connectivity index is 1.86. The Labute approximate surface area is 201 Å². The van der Waals surface area contributed by atoms with Crippen molar-refractivity contribution in [2.45, 2.75) is 12.8 Å². The average molecular weight is 463 g/mol. The van der Waals surface area contributed by atoms with Crippen LogP contribution in [-0.4, -0.2) is 80.5 Å². The molecule has 0 saturated carbocycles. The summed E-state index contributed by atoms with van der Waals surface area (Å²) in [5, 5.41) is 2.13. The summed E-state index contributed by atoms with van der Waals surface area (Å²) < 4.78 is 14.4. The topological polar surface area (TPSA) is 51.9 Å². The highest BCUT2D eigenvalue weighted by molar-refractivity contribution is 6.00. The molecular formula is C27H34N4O3. The van der Waals surface area contributed by atoms with E-state index < -0.39 is 0 Å². The molecule has 7 nitrogen and oxygen atoms in total. The fourth-order valence-electron chi connectivity index (χ4n) is 4.33. The Morgan fingerprint density at radius 1 is 0.735 bits per heavy atom. The second-order valence-electron chi connectivity index (χ2n) is 9.20. The lowest BCUT2D eigenvalue weighted by atomic mass is 10.1. The maximum absolute atomic E-state index is 14.0. The first-order valence-corrected chi connectivity index (χ1v) is 11.5. The summed E-state index contributed by atoms with van der Waals surface area (Å²) >= 11 is 0. The Morgan fingerprint density at radius 3 is 1.50 bits per heavy atom. The zero-order chi connectivity index (χ0) is 24.4. The molecule has 2 aromatic heterocycles. The lowest BCUT2D eigenvalue weighted by Gasteiger charge is -2.08. The van der Waals surface area contributed by atoms with Crippen molar-refractivity contribution in [2.75, 3.05) is 55.5 Å². The number of nitrogens with zero attached hydrogens (tertiary/aromatic N) is 4. The molecule has 0 N–H and O–H groups in total. The Bertz CT molecular complexity index is 1220. The van der Waals surface area contributed by atoms with Crippen molar-refractivity contribution in [1.82, 2.24) is 18.9 Å². The summed E-state index contributed by atoms with van der Waals surface area (Å²) in [5.74, 6) is 1.45. The molecule has 4 rings (SSSR count). The molecule has 0 atom stereocenters. The van der Waals surface area contributed by atoms with Gasteiger partial charge in [0.1, 0.15) is 11.5 Å². The summed E-state index contributed by atoms with van der Waals surface area (Å²) in [4.78, 5) is 18.3. The first-order valence-electron chi connectivity index (χ1n) is 11.5. The van der Waals surface area contributed by atoms with Crippen LogP contribution >= 0.6 is 0 Å². The van der Waals surface area contributed by atoms with Gasteiger partial charge < -0.3 is 19.3 Å². The van der Waals surface area contributed by atoms with Crippen LogP contribution in [0.25, 0.3) is 21.8 Å². The van der Waals surface area contributed by atoms with E-state index in [0.29, 0.717) is 0 Å². The van der Waals surface area contributed by atoms with E-state index in [-0.39, 0.29) is 6.03 Å². The van der Waals surface area contributed by atoms with Crippen LogP contribution in [0, 0.1) is 0 Å². The summed E-state index contributed by atoms with van der Waals surface area (Å²) in [6, 6.07) is 11.7. The van der Waals surface area contributed by atoms with Crippen molar-refractivity contribution in [1.29, 1.82) is 0 Å². The van der Waals surface area contributed by atoms with Crippen molar-refractivity contribution in [3.8, 4) is 11.5 Å². The molecule has 0 spiro atoms. The van der Waals surface area contributed by atoms with Crippen LogP contribution < -0.4 is 9.47 Å². The number of hydrogen-bond acceptors (Lipinski definition) is 5. The van der Waals surface area contributed by atoms with Crippen molar-refractivity contribution in [2.24, 2.45) is 0 Å². The minimum absolute atomic E-state index is 0.122. The molecule has 0 aliphatic rings. The molecule has 0 bridgehead atoms. The summed E-state index contributed by atoms with van der Waals surface area (Å²) in [5.41, 5.74) is 3.97. The number of methoxy groups -OCH3 is 2. The predicted octanol–water partition coefficient (Wildman–Crippen LogP) is 4.34. The fraction of sp³-hybridized carbons (Fsp3) is 0.370. The van der Waals surface area contributed by atoms with Gasteiger partial charge in [0.15, 0.2) is 0 Å². The second-order valence-corrected chi connectivity index (χ2v) is 9.20. The quantitative estimate of drug-likeness (QED) is 0.390. The van der Waals surface area contributed by atoms with Crippen LogP contribution in [0.2, 0.25) is 0 Å². The molecule has 2 aromatic carbocycles. The van der Waals surface area contributed by atoms with E-state index >= 15 is 0 Å². The highest BCUT2D eigenvalue weighted by Gasteiger charge is 2.20. The summed E-state index contributed by atoms with van der Waals surface area (Å²) in [6.45, 7) is 1.80. The van der Waals surface area contributed by atoms with Crippen molar-refractivity contribution in [3.63, 3.8) is 0 Å². The molecule has 0 amide bonds. The summed E-state index contributed by atoms with van der Waals surface area (Å²) in [6.07, 6.45) is 5.65. The van der Waals surface area contributed by atoms with E-state index in [1.165, 1.54) is 0 Å². The number of carbonyl (C=O) groups excluding carboxylic acids is 1. The fourth-order valence-corrected chi connectivity index (χ4v) is 4.33. The van der Waals surface area contributed by atoms with Gasteiger partial charge in [0.25, 0.3) is 0 Å². The van der Waals surface area contributed by atoms with Crippen LogP contribution in [0.15, 0.2) is 48.8 Å². The third-order valence-electron chi connectivity index (χ3n) is 6.26. The van der Waals surface area contributed by atoms with Gasteiger partial charge in [0.05, 0.1) is 25.3 Å². The third-order valence-corrected chi connectivity index (χ3v) is 6.26. The molecule has 0 saturated heterocycles. The monoisotopic (exact) mass is 462 g/mol. The van der Waals surface area contributed by atoms with Crippen LogP contribution in [0.3, 0.4) is 0 Å². The lowest BCUT2D eigenvalue weighted by Crippen LogP contribution is -2.18.